The first-order chi connectivity index (χ1) is 38.3. The molecule has 0 saturated heterocycles. The number of allylic oxidation sites excluding steroid dienone is 6. The van der Waals surface area contributed by atoms with Gasteiger partial charge in [-0.2, -0.15) is 171 Å². The minimum atomic E-state index is -8.75. The summed E-state index contributed by atoms with van der Waals surface area (Å²) >= 11 is 0. The molecule has 0 atom stereocenters. The number of hydrogen-bond acceptors (Lipinski definition) is 0. The maximum absolute atomic E-state index is 16.0. The van der Waals surface area contributed by atoms with Crippen molar-refractivity contribution < 1.29 is 171 Å². The van der Waals surface area contributed by atoms with Crippen LogP contribution in [0.25, 0.3) is 16.7 Å². The van der Waals surface area contributed by atoms with Gasteiger partial charge < -0.3 is 0 Å². The van der Waals surface area contributed by atoms with E-state index in [-0.39, 0.29) is 50.7 Å². The molecule has 0 aliphatic carbocycles. The molecule has 1 aromatic rings. The Kier molecular flexibility index (Phi) is 24.2. The Labute approximate surface area is 465 Å². The number of benzene rings is 1. The fourth-order valence-electron chi connectivity index (χ4n) is 7.66. The highest BCUT2D eigenvalue weighted by Gasteiger charge is 2.93. The van der Waals surface area contributed by atoms with E-state index < -0.39 is 223 Å². The molecule has 0 spiro atoms. The summed E-state index contributed by atoms with van der Waals surface area (Å²) in [6.07, 6.45) is -40.3. The van der Waals surface area contributed by atoms with Crippen molar-refractivity contribution in [3.63, 3.8) is 0 Å². The topological polar surface area (TPSA) is 0 Å². The molecule has 510 valence electrons. The van der Waals surface area contributed by atoms with Crippen molar-refractivity contribution in [1.29, 1.82) is 0 Å². The summed E-state index contributed by atoms with van der Waals surface area (Å²) in [5.41, 5.74) is -12.6. The van der Waals surface area contributed by atoms with Crippen molar-refractivity contribution in [1.82, 2.24) is 0 Å². The molecular weight excluding hydrogens is 1320 g/mol. The van der Waals surface area contributed by atoms with Crippen LogP contribution in [0.5, 0.6) is 0 Å². The average Bonchev–Trinajstić information content (AvgIpc) is 1.03. The largest absolute Gasteiger partial charge is 0.460 e. The van der Waals surface area contributed by atoms with Crippen LogP contribution in [-0.4, -0.2) is 107 Å². The van der Waals surface area contributed by atoms with Crippen molar-refractivity contribution >= 4 is 16.7 Å². The van der Waals surface area contributed by atoms with Gasteiger partial charge >= 0.3 is 107 Å². The Balaban J connectivity index is 5.30. The van der Waals surface area contributed by atoms with Crippen molar-refractivity contribution in [2.45, 2.75) is 224 Å². The Morgan fingerprint density at radius 1 is 0.253 bits per heavy atom. The SMILES string of the molecule is CCCCCC/C(=C/C(F)(F)C(F)(F)C(F)(F)C(F)(F)C(F)(F)C(F)(F)F)c1cc(/C(=C/C(F)(F)C(F)(F)C(F)(F)C(F)(F)C(F)(F)C(F)(F)F)CCCCCC)ccc1/C(=C/C(F)(F)C(F)(F)C(F)(F)C(F)(F)C(F)(F)C(F)(F)F)CCCCCC. The molecule has 87 heavy (non-hydrogen) atoms. The van der Waals surface area contributed by atoms with Crippen molar-refractivity contribution in [3.05, 3.63) is 53.1 Å². The Morgan fingerprint density at radius 3 is 0.713 bits per heavy atom. The highest BCUT2D eigenvalue weighted by atomic mass is 19.5. The highest BCUT2D eigenvalue weighted by Crippen LogP contribution is 2.64. The summed E-state index contributed by atoms with van der Waals surface area (Å²) in [5.74, 6) is -125. The van der Waals surface area contributed by atoms with E-state index in [0.717, 1.165) is 0 Å². The van der Waals surface area contributed by atoms with Gasteiger partial charge in [0.25, 0.3) is 0 Å². The van der Waals surface area contributed by atoms with Crippen LogP contribution < -0.4 is 0 Å². The smallest absolute Gasteiger partial charge is 0.195 e. The zero-order valence-electron chi connectivity index (χ0n) is 43.8. The van der Waals surface area contributed by atoms with Gasteiger partial charge in [0.1, 0.15) is 0 Å². The van der Waals surface area contributed by atoms with Crippen molar-refractivity contribution in [2.24, 2.45) is 0 Å². The summed E-state index contributed by atoms with van der Waals surface area (Å²) in [7, 11) is 0. The molecule has 1 rings (SSSR count). The second-order valence-corrected chi connectivity index (χ2v) is 19.5. The lowest BCUT2D eigenvalue weighted by atomic mass is 9.83. The van der Waals surface area contributed by atoms with E-state index in [2.05, 4.69) is 0 Å². The quantitative estimate of drug-likeness (QED) is 0.0486. The second-order valence-electron chi connectivity index (χ2n) is 19.5. The molecule has 0 bridgehead atoms. The van der Waals surface area contributed by atoms with E-state index in [1.165, 1.54) is 20.8 Å². The lowest BCUT2D eigenvalue weighted by Gasteiger charge is -2.39. The van der Waals surface area contributed by atoms with Gasteiger partial charge in [-0.25, -0.2) is 0 Å². The van der Waals surface area contributed by atoms with Crippen LogP contribution in [0.15, 0.2) is 36.4 Å². The summed E-state index contributed by atoms with van der Waals surface area (Å²) in [6.45, 7) is 3.82. The molecule has 1 aromatic carbocycles. The molecule has 0 radical (unpaired) electrons. The van der Waals surface area contributed by atoms with E-state index in [1.807, 2.05) is 0 Å². The van der Waals surface area contributed by atoms with E-state index in [9.17, 15) is 119 Å². The molecule has 0 aliphatic heterocycles. The molecule has 39 heteroatoms. The van der Waals surface area contributed by atoms with Crippen LogP contribution in [0, 0.1) is 0 Å². The number of rotatable bonds is 33. The summed E-state index contributed by atoms with van der Waals surface area (Å²) in [6, 6.07) is -1.10. The number of alkyl halides is 39. The molecule has 0 unspecified atom stereocenters. The van der Waals surface area contributed by atoms with Gasteiger partial charge in [-0.3, -0.25) is 0 Å². The third-order valence-electron chi connectivity index (χ3n) is 12.9. The van der Waals surface area contributed by atoms with Gasteiger partial charge in [0.2, 0.25) is 0 Å². The summed E-state index contributed by atoms with van der Waals surface area (Å²) in [4.78, 5) is 0. The second kappa shape index (κ2) is 26.1. The Bertz CT molecular complexity index is 2510. The first kappa shape index (κ1) is 80.7. The third kappa shape index (κ3) is 14.6. The number of hydrogen-bond donors (Lipinski definition) is 0. The van der Waals surface area contributed by atoms with Gasteiger partial charge in [-0.05, 0) is 96.2 Å². The van der Waals surface area contributed by atoms with Crippen LogP contribution in [0.4, 0.5) is 171 Å². The predicted molar refractivity (Wildman–Crippen MR) is 229 cm³/mol. The molecule has 0 aliphatic rings. The molecule has 0 aromatic heterocycles. The van der Waals surface area contributed by atoms with E-state index >= 15 is 52.7 Å². The van der Waals surface area contributed by atoms with Gasteiger partial charge in [0.05, 0.1) is 0 Å². The van der Waals surface area contributed by atoms with E-state index in [1.54, 1.807) is 0 Å². The Morgan fingerprint density at radius 2 is 0.471 bits per heavy atom. The molecule has 0 saturated carbocycles. The monoisotopic (exact) mass is 1360 g/mol. The van der Waals surface area contributed by atoms with Crippen molar-refractivity contribution in [3.8, 4) is 0 Å². The lowest BCUT2D eigenvalue weighted by molar-refractivity contribution is -0.436. The molecule has 0 N–H and O–H groups in total. The minimum Gasteiger partial charge on any atom is -0.195 e. The molecule has 0 amide bonds. The van der Waals surface area contributed by atoms with Gasteiger partial charge in [0.15, 0.2) is 0 Å². The average molecular weight is 1360 g/mol. The van der Waals surface area contributed by atoms with Crippen LogP contribution in [-0.2, 0) is 0 Å². The molecule has 0 heterocycles. The van der Waals surface area contributed by atoms with Gasteiger partial charge in [0, 0.05) is 0 Å². The summed E-state index contributed by atoms with van der Waals surface area (Å²) in [5, 5.41) is 0. The standard InChI is InChI=1S/C48H45F39/c1-4-7-10-13-16-26(22-31(49,50)34(55,56)37(61,62)40(67,68)43(73,74)46(79,80)81)25-19-20-29(27(17-14-11-8-5-2)23-32(51,52)35(57,58)38(63,64)41(69,70)44(75,76)47(82,83)84)30(21-25)28(18-15-12-9-6-3)24-33(53,54)36(59,60)39(65,66)42(71,72)45(77,78)48(85,86)87/h19-24H,4-18H2,1-3H3/b26-22+,27-23+,28-24-. The zero-order valence-corrected chi connectivity index (χ0v) is 43.8. The Hall–Kier alpha value is -4.29. The van der Waals surface area contributed by atoms with Crippen LogP contribution in [0.3, 0.4) is 0 Å². The van der Waals surface area contributed by atoms with Crippen LogP contribution >= 0.6 is 0 Å². The normalized spacial score (nSPS) is 16.1. The predicted octanol–water partition coefficient (Wildman–Crippen LogP) is 23.0. The van der Waals surface area contributed by atoms with Crippen LogP contribution in [0.2, 0.25) is 0 Å². The maximum atomic E-state index is 16.0. The minimum absolute atomic E-state index is 0.0100. The first-order valence-electron chi connectivity index (χ1n) is 24.5. The molecule has 0 nitrogen and oxygen atoms in total. The van der Waals surface area contributed by atoms with E-state index in [4.69, 9.17) is 0 Å². The van der Waals surface area contributed by atoms with Gasteiger partial charge in [-0.1, -0.05) is 90.7 Å². The fourth-order valence-corrected chi connectivity index (χ4v) is 7.66. The number of unbranched alkanes of at least 4 members (excludes halogenated alkanes) is 9. The maximum Gasteiger partial charge on any atom is 0.460 e. The third-order valence-corrected chi connectivity index (χ3v) is 12.9. The zero-order chi connectivity index (χ0) is 69.3. The van der Waals surface area contributed by atoms with Crippen molar-refractivity contribution in [2.75, 3.05) is 0 Å². The molecular formula is C48H45F39. The van der Waals surface area contributed by atoms with Gasteiger partial charge in [-0.15, -0.1) is 0 Å². The van der Waals surface area contributed by atoms with Crippen LogP contribution in [0.1, 0.15) is 134 Å². The van der Waals surface area contributed by atoms with E-state index in [0.29, 0.717) is 0 Å². The summed E-state index contributed by atoms with van der Waals surface area (Å²) < 4.78 is 560. The highest BCUT2D eigenvalue weighted by molar-refractivity contribution is 5.83. The lowest BCUT2D eigenvalue weighted by Crippen LogP contribution is -2.69. The fraction of sp³-hybridized carbons (Fsp3) is 0.750. The first-order valence-corrected chi connectivity index (χ1v) is 24.5. The number of halogens is 39. The molecule has 0 fully saturated rings.